The van der Waals surface area contributed by atoms with Crippen LogP contribution in [-0.2, 0) is 4.79 Å². The molecular formula is C21H30O2. The van der Waals surface area contributed by atoms with Crippen molar-refractivity contribution in [1.82, 2.24) is 0 Å². The maximum absolute atomic E-state index is 11.8. The third-order valence-electron chi connectivity index (χ3n) is 8.35. The summed E-state index contributed by atoms with van der Waals surface area (Å²) in [5, 5.41) is 11.1. The Bertz CT molecular complexity index is 589. The van der Waals surface area contributed by atoms with Gasteiger partial charge in [-0.05, 0) is 73.3 Å². The zero-order valence-electron chi connectivity index (χ0n) is 14.7. The second-order valence-electron chi connectivity index (χ2n) is 8.90. The van der Waals surface area contributed by atoms with Crippen LogP contribution in [0.1, 0.15) is 59.3 Å². The van der Waals surface area contributed by atoms with Gasteiger partial charge in [-0.2, -0.15) is 0 Å². The predicted molar refractivity (Wildman–Crippen MR) is 91.8 cm³/mol. The average Bonchev–Trinajstić information content (AvgIpc) is 2.87. The van der Waals surface area contributed by atoms with Crippen LogP contribution in [-0.4, -0.2) is 17.0 Å². The van der Waals surface area contributed by atoms with Crippen LogP contribution < -0.4 is 0 Å². The molecule has 0 aromatic carbocycles. The van der Waals surface area contributed by atoms with Crippen molar-refractivity contribution in [3.8, 4) is 0 Å². The summed E-state index contributed by atoms with van der Waals surface area (Å²) < 4.78 is 0. The van der Waals surface area contributed by atoms with Crippen LogP contribution in [0, 0.1) is 34.5 Å². The van der Waals surface area contributed by atoms with E-state index in [1.165, 1.54) is 31.3 Å². The molecule has 0 bridgehead atoms. The van der Waals surface area contributed by atoms with E-state index in [2.05, 4.69) is 26.8 Å². The molecule has 2 nitrogen and oxygen atoms in total. The first-order valence-corrected chi connectivity index (χ1v) is 9.53. The summed E-state index contributed by atoms with van der Waals surface area (Å²) >= 11 is 0. The number of aliphatic hydroxyl groups is 1. The van der Waals surface area contributed by atoms with Crippen molar-refractivity contribution in [2.24, 2.45) is 34.5 Å². The highest BCUT2D eigenvalue weighted by molar-refractivity contribution is 6.01. The fourth-order valence-corrected chi connectivity index (χ4v) is 6.95. The van der Waals surface area contributed by atoms with Gasteiger partial charge in [-0.15, -0.1) is 0 Å². The van der Waals surface area contributed by atoms with Crippen molar-refractivity contribution >= 4 is 5.78 Å². The first-order chi connectivity index (χ1) is 10.9. The van der Waals surface area contributed by atoms with Crippen LogP contribution in [0.5, 0.6) is 0 Å². The molecule has 0 aliphatic heterocycles. The van der Waals surface area contributed by atoms with Gasteiger partial charge in [0.1, 0.15) is 0 Å². The van der Waals surface area contributed by atoms with Gasteiger partial charge in [0.05, 0.1) is 6.10 Å². The summed E-state index contributed by atoms with van der Waals surface area (Å²) in [6.45, 7) is 6.96. The van der Waals surface area contributed by atoms with Gasteiger partial charge in [-0.1, -0.05) is 38.8 Å². The van der Waals surface area contributed by atoms with Crippen molar-refractivity contribution in [3.63, 3.8) is 0 Å². The van der Waals surface area contributed by atoms with Crippen LogP contribution in [0.2, 0.25) is 0 Å². The maximum Gasteiger partial charge on any atom is 0.178 e. The molecule has 7 atom stereocenters. The molecule has 4 aliphatic rings. The Morgan fingerprint density at radius 2 is 2.00 bits per heavy atom. The van der Waals surface area contributed by atoms with Gasteiger partial charge in [0, 0.05) is 5.41 Å². The minimum absolute atomic E-state index is 0.0105. The van der Waals surface area contributed by atoms with Crippen molar-refractivity contribution in [2.75, 3.05) is 0 Å². The van der Waals surface area contributed by atoms with Gasteiger partial charge >= 0.3 is 0 Å². The molecule has 0 unspecified atom stereocenters. The lowest BCUT2D eigenvalue weighted by atomic mass is 9.47. The fourth-order valence-electron chi connectivity index (χ4n) is 6.95. The number of aliphatic hydroxyl groups excluding tert-OH is 1. The quantitative estimate of drug-likeness (QED) is 0.784. The van der Waals surface area contributed by atoms with E-state index >= 15 is 0 Å². The van der Waals surface area contributed by atoms with Crippen LogP contribution in [0.3, 0.4) is 0 Å². The fraction of sp³-hybridized carbons (Fsp3) is 0.762. The Morgan fingerprint density at radius 3 is 2.74 bits per heavy atom. The highest BCUT2D eigenvalue weighted by Gasteiger charge is 2.61. The second-order valence-corrected chi connectivity index (χ2v) is 8.90. The number of carbonyl (C=O) groups is 1. The molecule has 23 heavy (non-hydrogen) atoms. The van der Waals surface area contributed by atoms with Gasteiger partial charge in [0.15, 0.2) is 5.78 Å². The summed E-state index contributed by atoms with van der Waals surface area (Å²) in [7, 11) is 0. The molecule has 0 aromatic rings. The maximum atomic E-state index is 11.8. The first-order valence-electron chi connectivity index (χ1n) is 9.53. The summed E-state index contributed by atoms with van der Waals surface area (Å²) in [6, 6.07) is 0. The van der Waals surface area contributed by atoms with E-state index in [9.17, 15) is 9.90 Å². The molecule has 0 aromatic heterocycles. The van der Waals surface area contributed by atoms with E-state index in [0.29, 0.717) is 23.7 Å². The molecule has 126 valence electrons. The Hall–Kier alpha value is -0.890. The molecule has 3 fully saturated rings. The van der Waals surface area contributed by atoms with Gasteiger partial charge in [-0.25, -0.2) is 0 Å². The summed E-state index contributed by atoms with van der Waals surface area (Å²) in [5.41, 5.74) is 1.41. The van der Waals surface area contributed by atoms with Crippen molar-refractivity contribution < 1.29 is 9.90 Å². The average molecular weight is 314 g/mol. The third kappa shape index (κ3) is 1.94. The lowest BCUT2D eigenvalue weighted by Gasteiger charge is -2.58. The highest BCUT2D eigenvalue weighted by Crippen LogP contribution is 2.66. The van der Waals surface area contributed by atoms with Crippen LogP contribution in [0.15, 0.2) is 23.8 Å². The molecule has 1 N–H and O–H groups in total. The van der Waals surface area contributed by atoms with Crippen molar-refractivity contribution in [1.29, 1.82) is 0 Å². The van der Waals surface area contributed by atoms with Gasteiger partial charge in [0.25, 0.3) is 0 Å². The number of carbonyl (C=O) groups excluding carboxylic acids is 1. The lowest BCUT2D eigenvalue weighted by molar-refractivity contribution is -0.125. The molecule has 4 rings (SSSR count). The zero-order chi connectivity index (χ0) is 16.4. The number of ketones is 1. The predicted octanol–water partition coefficient (Wildman–Crippen LogP) is 4.29. The lowest BCUT2D eigenvalue weighted by Crippen LogP contribution is -2.55. The number of rotatable bonds is 1. The van der Waals surface area contributed by atoms with Crippen molar-refractivity contribution in [3.05, 3.63) is 23.8 Å². The molecule has 0 spiro atoms. The van der Waals surface area contributed by atoms with E-state index in [1.807, 2.05) is 6.08 Å². The highest BCUT2D eigenvalue weighted by atomic mass is 16.3. The Morgan fingerprint density at radius 1 is 1.22 bits per heavy atom. The Kier molecular flexibility index (Phi) is 3.43. The topological polar surface area (TPSA) is 37.3 Å². The summed E-state index contributed by atoms with van der Waals surface area (Å²) in [6.07, 6.45) is 12.5. The van der Waals surface area contributed by atoms with Crippen LogP contribution in [0.4, 0.5) is 0 Å². The Balaban J connectivity index is 1.72. The summed E-state index contributed by atoms with van der Waals surface area (Å²) in [4.78, 5) is 11.8. The van der Waals surface area contributed by atoms with Gasteiger partial charge < -0.3 is 5.11 Å². The molecule has 0 radical (unpaired) electrons. The van der Waals surface area contributed by atoms with Crippen molar-refractivity contribution in [2.45, 2.75) is 65.4 Å². The monoisotopic (exact) mass is 314 g/mol. The van der Waals surface area contributed by atoms with E-state index < -0.39 is 0 Å². The number of allylic oxidation sites excluding steroid dienone is 4. The minimum atomic E-state index is -0.191. The van der Waals surface area contributed by atoms with Crippen LogP contribution in [0.25, 0.3) is 0 Å². The molecule has 0 saturated heterocycles. The molecule has 0 heterocycles. The molecule has 0 amide bonds. The molecule has 3 saturated carbocycles. The van der Waals surface area contributed by atoms with Crippen LogP contribution >= 0.6 is 0 Å². The normalized spacial score (nSPS) is 51.7. The second kappa shape index (κ2) is 5.05. The largest absolute Gasteiger partial charge is 0.393 e. The first kappa shape index (κ1) is 15.6. The molecular weight excluding hydrogens is 284 g/mol. The minimum Gasteiger partial charge on any atom is -0.393 e. The van der Waals surface area contributed by atoms with E-state index in [-0.39, 0.29) is 22.7 Å². The SMILES string of the molecule is CC[C@H]1CC[C@H]2[C@@H]3CCC4=CC(=O)C=C[C@]4(C)[C@H]3C[C@H](O)[C@]12C. The van der Waals surface area contributed by atoms with Gasteiger partial charge in [-0.3, -0.25) is 4.79 Å². The molecule has 2 heteroatoms. The van der Waals surface area contributed by atoms with E-state index in [4.69, 9.17) is 0 Å². The number of hydrogen-bond acceptors (Lipinski definition) is 2. The molecule has 4 aliphatic carbocycles. The zero-order valence-corrected chi connectivity index (χ0v) is 14.7. The standard InChI is InChI=1S/C21H30O2/c1-4-13-6-8-17-16-7-5-14-11-15(22)9-10-20(14,2)18(16)12-19(23)21(13,17)3/h9-11,13,16-19,23H,4-8,12H2,1-3H3/t13-,16-,17-,18-,19-,20-,21+/m0/s1. The Labute approximate surface area is 140 Å². The number of hydrogen-bond donors (Lipinski definition) is 1. The van der Waals surface area contributed by atoms with E-state index in [1.54, 1.807) is 6.08 Å². The van der Waals surface area contributed by atoms with Gasteiger partial charge in [0.2, 0.25) is 0 Å². The van der Waals surface area contributed by atoms with E-state index in [0.717, 1.165) is 12.8 Å². The smallest absolute Gasteiger partial charge is 0.178 e. The number of fused-ring (bicyclic) bond motifs is 5. The third-order valence-corrected chi connectivity index (χ3v) is 8.35. The summed E-state index contributed by atoms with van der Waals surface area (Å²) in [5.74, 6) is 2.68.